The Hall–Kier alpha value is -0.408. The maximum Gasteiger partial charge on any atom is -1.00 e. The summed E-state index contributed by atoms with van der Waals surface area (Å²) in [5.41, 5.74) is 15.3. The molecule has 0 aromatic heterocycles. The van der Waals surface area contributed by atoms with Crippen LogP contribution >= 0.6 is 0 Å². The van der Waals surface area contributed by atoms with E-state index in [9.17, 15) is 0 Å². The van der Waals surface area contributed by atoms with E-state index in [-0.39, 0.29) is 40.6 Å². The number of rotatable bonds is 7. The van der Waals surface area contributed by atoms with Crippen molar-refractivity contribution < 1.29 is 57.7 Å². The van der Waals surface area contributed by atoms with Gasteiger partial charge in [0.2, 0.25) is 0 Å². The summed E-state index contributed by atoms with van der Waals surface area (Å²) in [6, 6.07) is 15.6. The molecule has 272 valence electrons. The summed E-state index contributed by atoms with van der Waals surface area (Å²) in [7, 11) is -7.49. The van der Waals surface area contributed by atoms with Gasteiger partial charge in [0.15, 0.2) is 0 Å². The van der Waals surface area contributed by atoms with Gasteiger partial charge in [-0.15, -0.1) is 0 Å². The summed E-state index contributed by atoms with van der Waals surface area (Å²) in [5.74, 6) is 0. The third-order valence-electron chi connectivity index (χ3n) is 12.4. The van der Waals surface area contributed by atoms with Crippen LogP contribution in [0.15, 0.2) is 58.7 Å². The van der Waals surface area contributed by atoms with Crippen LogP contribution < -0.4 is 68.3 Å². The fourth-order valence-electron chi connectivity index (χ4n) is 9.13. The number of halogens is 3. The van der Waals surface area contributed by atoms with Gasteiger partial charge >= 0.3 is 307 Å². The summed E-state index contributed by atoms with van der Waals surface area (Å²) in [5, 5.41) is 9.67. The summed E-state index contributed by atoms with van der Waals surface area (Å²) < 4.78 is -0.116. The second-order valence-electron chi connectivity index (χ2n) is 18.0. The molecular formula is C42H63Cl3Si4Ti. The van der Waals surface area contributed by atoms with Crippen LogP contribution in [-0.2, 0) is 20.4 Å². The largest absolute Gasteiger partial charge is 1.00 e. The van der Waals surface area contributed by atoms with E-state index < -0.39 is 32.3 Å². The Kier molecular flexibility index (Phi) is 15.0. The van der Waals surface area contributed by atoms with Crippen LogP contribution in [0.2, 0.25) is 62.3 Å². The molecular weight excluding hydrogens is 771 g/mol. The van der Waals surface area contributed by atoms with E-state index >= 15 is 0 Å². The molecule has 4 rings (SSSR count). The average molecular weight is 835 g/mol. The molecule has 0 saturated heterocycles. The van der Waals surface area contributed by atoms with Crippen molar-refractivity contribution in [3.8, 4) is 0 Å². The second-order valence-corrected chi connectivity index (χ2v) is 38.9. The van der Waals surface area contributed by atoms with Gasteiger partial charge in [0.05, 0.1) is 0 Å². The van der Waals surface area contributed by atoms with Crippen molar-refractivity contribution in [3.05, 3.63) is 92.1 Å². The van der Waals surface area contributed by atoms with Crippen LogP contribution in [0, 0.1) is 41.5 Å². The molecule has 1 aliphatic rings. The van der Waals surface area contributed by atoms with E-state index in [0.717, 1.165) is 0 Å². The van der Waals surface area contributed by atoms with Crippen LogP contribution in [-0.4, -0.2) is 32.3 Å². The fourth-order valence-corrected chi connectivity index (χ4v) is 24.1. The van der Waals surface area contributed by atoms with Crippen LogP contribution in [0.4, 0.5) is 0 Å². The van der Waals surface area contributed by atoms with Crippen LogP contribution in [0.25, 0.3) is 0 Å². The molecule has 1 aliphatic carbocycles. The van der Waals surface area contributed by atoms with Crippen molar-refractivity contribution in [1.29, 1.82) is 0 Å². The normalized spacial score (nSPS) is 15.1. The molecule has 0 unspecified atom stereocenters. The maximum atomic E-state index is 2.66. The van der Waals surface area contributed by atoms with Gasteiger partial charge in [0.1, 0.15) is 0 Å². The number of hydrogen-bond acceptors (Lipinski definition) is 0. The molecule has 0 amide bonds. The molecule has 3 aromatic carbocycles. The Balaban J connectivity index is 0.00000417. The van der Waals surface area contributed by atoms with Crippen molar-refractivity contribution in [3.63, 3.8) is 0 Å². The maximum absolute atomic E-state index is 2.87. The van der Waals surface area contributed by atoms with Crippen LogP contribution in [0.5, 0.6) is 0 Å². The number of hydrogen-bond donors (Lipinski definition) is 0. The standard InChI is InChI=1S/C42H63Si4.3ClH.Ti/c1-26-27(2)35(10)42(34(26)9)46(39-23-20-36(43(11,12)13)28(3)31(39)6,40-24-21-37(44(14,15)16)29(4)32(40)7)41-25-22-38(45(17,18)19)30(5)33(41)8;;;;/h20-25H,1-19H3;3*1H;/q;;;;+3/p-3. The summed E-state index contributed by atoms with van der Waals surface area (Å²) in [6.07, 6.45) is 0. The zero-order valence-electron chi connectivity index (χ0n) is 34.6. The predicted octanol–water partition coefficient (Wildman–Crippen LogP) is -0.414. The summed E-state index contributed by atoms with van der Waals surface area (Å²) in [4.78, 5) is 0. The monoisotopic (exact) mass is 832 g/mol. The van der Waals surface area contributed by atoms with Gasteiger partial charge in [-0.2, -0.15) is 0 Å². The second kappa shape index (κ2) is 15.8. The molecule has 3 aromatic rings. The molecule has 0 nitrogen and oxygen atoms in total. The minimum absolute atomic E-state index is 0. The molecule has 8 heteroatoms. The first-order chi connectivity index (χ1) is 21.3. The van der Waals surface area contributed by atoms with Gasteiger partial charge in [0.25, 0.3) is 0 Å². The molecule has 0 aliphatic heterocycles. The molecule has 0 saturated carbocycles. The van der Waals surface area contributed by atoms with Gasteiger partial charge in [0, 0.05) is 0 Å². The smallest absolute Gasteiger partial charge is 1.00 e. The third-order valence-corrected chi connectivity index (χ3v) is 27.7. The quantitative estimate of drug-likeness (QED) is 0.225. The van der Waals surface area contributed by atoms with Crippen molar-refractivity contribution in [1.82, 2.24) is 0 Å². The zero-order valence-corrected chi connectivity index (χ0v) is 42.4. The van der Waals surface area contributed by atoms with Gasteiger partial charge in [-0.05, 0) is 0 Å². The zero-order chi connectivity index (χ0) is 36.0. The average Bonchev–Trinajstić information content (AvgIpc) is 3.09. The topological polar surface area (TPSA) is 0 Å². The minimum Gasteiger partial charge on any atom is -1.00 e. The minimum atomic E-state index is -2.87. The molecule has 0 fully saturated rings. The fraction of sp³-hybridized carbons (Fsp3) is 0.476. The van der Waals surface area contributed by atoms with Crippen LogP contribution in [0.1, 0.15) is 61.1 Å². The first-order valence-corrected chi connectivity index (χ1v) is 31.0. The Morgan fingerprint density at radius 1 is 0.360 bits per heavy atom. The Morgan fingerprint density at radius 2 is 0.540 bits per heavy atom. The number of allylic oxidation sites excluding steroid dienone is 4. The van der Waals surface area contributed by atoms with Gasteiger partial charge < -0.3 is 37.2 Å². The number of benzene rings is 3. The van der Waals surface area contributed by atoms with E-state index in [1.165, 1.54) is 44.5 Å². The van der Waals surface area contributed by atoms with E-state index in [1.54, 1.807) is 42.3 Å². The molecule has 0 atom stereocenters. The van der Waals surface area contributed by atoms with E-state index in [0.29, 0.717) is 0 Å². The Labute approximate surface area is 341 Å². The van der Waals surface area contributed by atoms with Crippen molar-refractivity contribution in [2.45, 2.75) is 132 Å². The predicted molar refractivity (Wildman–Crippen MR) is 221 cm³/mol. The Bertz CT molecular complexity index is 1660. The van der Waals surface area contributed by atoms with E-state index in [4.69, 9.17) is 0 Å². The molecule has 50 heavy (non-hydrogen) atoms. The van der Waals surface area contributed by atoms with E-state index in [2.05, 4.69) is 185 Å². The SMILES string of the molecule is CC1=C(C)[C]([Ti+3])([Si](c2ccc([Si](C)(C)C)c(C)c2C)(c2ccc([Si](C)(C)C)c(C)c2C)c2ccc([Si](C)(C)C)c(C)c2C)C(C)=C1C.[Cl-].[Cl-].[Cl-]. The molecule has 0 bridgehead atoms. The first-order valence-electron chi connectivity index (χ1n) is 17.7. The summed E-state index contributed by atoms with van der Waals surface area (Å²) >= 11 is 2.66. The molecule has 0 heterocycles. The van der Waals surface area contributed by atoms with E-state index in [1.807, 2.05) is 0 Å². The van der Waals surface area contributed by atoms with Crippen molar-refractivity contribution in [2.75, 3.05) is 0 Å². The first kappa shape index (κ1) is 47.6. The van der Waals surface area contributed by atoms with Gasteiger partial charge in [-0.3, -0.25) is 0 Å². The molecule has 0 spiro atoms. The van der Waals surface area contributed by atoms with Gasteiger partial charge in [-0.25, -0.2) is 0 Å². The van der Waals surface area contributed by atoms with Crippen LogP contribution in [0.3, 0.4) is 0 Å². The summed E-state index contributed by atoms with van der Waals surface area (Å²) in [6.45, 7) is 47.1. The van der Waals surface area contributed by atoms with Crippen molar-refractivity contribution in [2.24, 2.45) is 0 Å². The molecule has 0 N–H and O–H groups in total. The third kappa shape index (κ3) is 7.22. The van der Waals surface area contributed by atoms with Gasteiger partial charge in [-0.1, -0.05) is 0 Å². The molecule has 0 radical (unpaired) electrons. The van der Waals surface area contributed by atoms with Crippen molar-refractivity contribution >= 4 is 63.4 Å². The Morgan fingerprint density at radius 3 is 0.740 bits per heavy atom.